The molecule has 0 saturated carbocycles. The lowest BCUT2D eigenvalue weighted by atomic mass is 10.3. The molecule has 0 unspecified atom stereocenters. The molecule has 1 fully saturated rings. The Labute approximate surface area is 123 Å². The highest BCUT2D eigenvalue weighted by Gasteiger charge is 2.16. The maximum absolute atomic E-state index is 11.7. The van der Waals surface area contributed by atoms with Gasteiger partial charge in [-0.15, -0.1) is 5.11 Å². The smallest absolute Gasteiger partial charge is 0.236 e. The summed E-state index contributed by atoms with van der Waals surface area (Å²) in [6.45, 7) is 3.19. The van der Waals surface area contributed by atoms with Crippen molar-refractivity contribution in [3.8, 4) is 6.07 Å². The van der Waals surface area contributed by atoms with Gasteiger partial charge in [-0.1, -0.05) is 0 Å². The van der Waals surface area contributed by atoms with E-state index in [-0.39, 0.29) is 5.91 Å². The van der Waals surface area contributed by atoms with Crippen molar-refractivity contribution in [1.82, 2.24) is 15.2 Å². The van der Waals surface area contributed by atoms with Gasteiger partial charge in [0.05, 0.1) is 18.7 Å². The van der Waals surface area contributed by atoms with Gasteiger partial charge in [-0.3, -0.25) is 4.79 Å². The fourth-order valence-corrected chi connectivity index (χ4v) is 2.04. The van der Waals surface area contributed by atoms with Crippen LogP contribution in [-0.4, -0.2) is 48.5 Å². The third-order valence-electron chi connectivity index (χ3n) is 3.17. The lowest BCUT2D eigenvalue weighted by molar-refractivity contribution is -0.129. The highest BCUT2D eigenvalue weighted by molar-refractivity contribution is 5.78. The van der Waals surface area contributed by atoms with Gasteiger partial charge in [0.15, 0.2) is 5.82 Å². The summed E-state index contributed by atoms with van der Waals surface area (Å²) in [4.78, 5) is 17.6. The van der Waals surface area contributed by atoms with Crippen molar-refractivity contribution in [3.63, 3.8) is 0 Å². The van der Waals surface area contributed by atoms with Crippen LogP contribution in [0.2, 0.25) is 0 Å². The zero-order valence-electron chi connectivity index (χ0n) is 11.8. The third kappa shape index (κ3) is 4.93. The Morgan fingerprint density at radius 2 is 2.24 bits per heavy atom. The molecule has 1 N–H and O–H groups in total. The second-order valence-electron chi connectivity index (χ2n) is 4.75. The summed E-state index contributed by atoms with van der Waals surface area (Å²) in [5.74, 6) is 0.625. The van der Waals surface area contributed by atoms with Gasteiger partial charge in [0, 0.05) is 25.8 Å². The molecule has 1 saturated heterocycles. The molecule has 0 bridgehead atoms. The first-order valence-corrected chi connectivity index (χ1v) is 7.02. The largest absolute Gasteiger partial charge is 0.342 e. The first-order chi connectivity index (χ1) is 10.3. The average Bonchev–Trinajstić information content (AvgIpc) is 3.05. The number of carbonyl (C=O) groups excluding carboxylic acids is 1. The quantitative estimate of drug-likeness (QED) is 0.629. The van der Waals surface area contributed by atoms with E-state index in [1.807, 2.05) is 11.0 Å². The van der Waals surface area contributed by atoms with E-state index in [1.165, 1.54) is 6.20 Å². The number of rotatable bonds is 6. The molecule has 1 aromatic rings. The minimum absolute atomic E-state index is 0.151. The molecule has 0 spiro atoms. The number of nitrogens with zero attached hydrogens (tertiary/aromatic N) is 5. The van der Waals surface area contributed by atoms with Crippen LogP contribution in [0.5, 0.6) is 0 Å². The number of aromatic nitrogens is 1. The fourth-order valence-electron chi connectivity index (χ4n) is 2.04. The van der Waals surface area contributed by atoms with Gasteiger partial charge in [0.25, 0.3) is 0 Å². The maximum atomic E-state index is 11.7. The zero-order chi connectivity index (χ0) is 14.9. The monoisotopic (exact) mass is 286 g/mol. The Morgan fingerprint density at radius 1 is 1.43 bits per heavy atom. The van der Waals surface area contributed by atoms with E-state index in [0.717, 1.165) is 25.9 Å². The molecule has 1 amide bonds. The number of likely N-dealkylation sites (tertiary alicyclic amines) is 1. The maximum Gasteiger partial charge on any atom is 0.236 e. The molecule has 0 atom stereocenters. The van der Waals surface area contributed by atoms with Crippen molar-refractivity contribution in [2.24, 2.45) is 10.2 Å². The van der Waals surface area contributed by atoms with Crippen LogP contribution in [0.25, 0.3) is 0 Å². The van der Waals surface area contributed by atoms with Crippen molar-refractivity contribution in [2.75, 3.05) is 32.7 Å². The van der Waals surface area contributed by atoms with Crippen LogP contribution >= 0.6 is 0 Å². The van der Waals surface area contributed by atoms with E-state index in [0.29, 0.717) is 31.0 Å². The topological polar surface area (TPSA) is 93.7 Å². The van der Waals surface area contributed by atoms with E-state index >= 15 is 0 Å². The normalized spacial score (nSPS) is 14.5. The van der Waals surface area contributed by atoms with Gasteiger partial charge in [-0.05, 0) is 25.0 Å². The summed E-state index contributed by atoms with van der Waals surface area (Å²) in [6, 6.07) is 5.28. The molecule has 1 aliphatic rings. The van der Waals surface area contributed by atoms with E-state index in [4.69, 9.17) is 5.26 Å². The SMILES string of the molecule is N#Cc1ccc(N=NCCNCC(=O)N2CCCC2)nc1. The summed E-state index contributed by atoms with van der Waals surface area (Å²) >= 11 is 0. The van der Waals surface area contributed by atoms with Crippen molar-refractivity contribution in [3.05, 3.63) is 23.9 Å². The number of nitrogens with one attached hydrogen (secondary N) is 1. The fraction of sp³-hybridized carbons (Fsp3) is 0.500. The first kappa shape index (κ1) is 15.1. The minimum Gasteiger partial charge on any atom is -0.342 e. The van der Waals surface area contributed by atoms with E-state index in [1.54, 1.807) is 12.1 Å². The van der Waals surface area contributed by atoms with E-state index in [2.05, 4.69) is 20.5 Å². The lowest BCUT2D eigenvalue weighted by Gasteiger charge is -2.14. The molecule has 7 nitrogen and oxygen atoms in total. The molecule has 2 heterocycles. The second kappa shape index (κ2) is 8.07. The molecule has 110 valence electrons. The lowest BCUT2D eigenvalue weighted by Crippen LogP contribution is -2.36. The summed E-state index contributed by atoms with van der Waals surface area (Å²) in [6.07, 6.45) is 3.68. The number of hydrogen-bond acceptors (Lipinski definition) is 6. The predicted octanol–water partition coefficient (Wildman–Crippen LogP) is 1.25. The molecule has 0 radical (unpaired) electrons. The minimum atomic E-state index is 0.151. The molecule has 21 heavy (non-hydrogen) atoms. The van der Waals surface area contributed by atoms with Crippen LogP contribution in [0.15, 0.2) is 28.6 Å². The summed E-state index contributed by atoms with van der Waals surface area (Å²) < 4.78 is 0. The molecular formula is C14H18N6O. The summed E-state index contributed by atoms with van der Waals surface area (Å²) in [7, 11) is 0. The zero-order valence-corrected chi connectivity index (χ0v) is 11.8. The summed E-state index contributed by atoms with van der Waals surface area (Å²) in [5.41, 5.74) is 0.496. The molecule has 0 aliphatic carbocycles. The number of carbonyl (C=O) groups is 1. The van der Waals surface area contributed by atoms with Gasteiger partial charge in [-0.25, -0.2) is 4.98 Å². The number of pyridine rings is 1. The van der Waals surface area contributed by atoms with Crippen LogP contribution in [0.3, 0.4) is 0 Å². The number of amides is 1. The van der Waals surface area contributed by atoms with Crippen LogP contribution in [-0.2, 0) is 4.79 Å². The van der Waals surface area contributed by atoms with E-state index < -0.39 is 0 Å². The van der Waals surface area contributed by atoms with Crippen molar-refractivity contribution in [1.29, 1.82) is 5.26 Å². The second-order valence-corrected chi connectivity index (χ2v) is 4.75. The standard InChI is InChI=1S/C14H18N6O/c15-9-12-3-4-13(17-10-12)19-18-6-5-16-11-14(21)20-7-1-2-8-20/h3-4,10,16H,1-2,5-8,11H2. The van der Waals surface area contributed by atoms with Gasteiger partial charge in [-0.2, -0.15) is 10.4 Å². The van der Waals surface area contributed by atoms with Gasteiger partial charge >= 0.3 is 0 Å². The Bertz CT molecular complexity index is 527. The van der Waals surface area contributed by atoms with Gasteiger partial charge in [0.2, 0.25) is 5.91 Å². The Morgan fingerprint density at radius 3 is 2.90 bits per heavy atom. The van der Waals surface area contributed by atoms with Crippen molar-refractivity contribution < 1.29 is 4.79 Å². The highest BCUT2D eigenvalue weighted by atomic mass is 16.2. The molecule has 0 aromatic carbocycles. The molecular weight excluding hydrogens is 268 g/mol. The molecule has 1 aliphatic heterocycles. The van der Waals surface area contributed by atoms with Crippen LogP contribution in [0.1, 0.15) is 18.4 Å². The Hall–Kier alpha value is -2.33. The van der Waals surface area contributed by atoms with E-state index in [9.17, 15) is 4.79 Å². The van der Waals surface area contributed by atoms with Crippen LogP contribution < -0.4 is 5.32 Å². The van der Waals surface area contributed by atoms with Gasteiger partial charge < -0.3 is 10.2 Å². The van der Waals surface area contributed by atoms with Crippen LogP contribution in [0.4, 0.5) is 5.82 Å². The first-order valence-electron chi connectivity index (χ1n) is 7.02. The third-order valence-corrected chi connectivity index (χ3v) is 3.17. The average molecular weight is 286 g/mol. The number of hydrogen-bond donors (Lipinski definition) is 1. The predicted molar refractivity (Wildman–Crippen MR) is 77.0 cm³/mol. The molecule has 7 heteroatoms. The Balaban J connectivity index is 1.61. The number of nitriles is 1. The molecule has 1 aromatic heterocycles. The highest BCUT2D eigenvalue weighted by Crippen LogP contribution is 2.08. The van der Waals surface area contributed by atoms with Crippen molar-refractivity contribution >= 4 is 11.7 Å². The molecule has 2 rings (SSSR count). The van der Waals surface area contributed by atoms with Gasteiger partial charge in [0.1, 0.15) is 6.07 Å². The number of azo groups is 1. The summed E-state index contributed by atoms with van der Waals surface area (Å²) in [5, 5.41) is 19.6. The Kier molecular flexibility index (Phi) is 5.79. The van der Waals surface area contributed by atoms with Crippen LogP contribution in [0, 0.1) is 11.3 Å². The van der Waals surface area contributed by atoms with Crippen molar-refractivity contribution in [2.45, 2.75) is 12.8 Å².